The third-order valence-electron chi connectivity index (χ3n) is 2.84. The number of anilines is 1. The van der Waals surface area contributed by atoms with E-state index in [-0.39, 0.29) is 11.9 Å². The number of rotatable bonds is 3. The van der Waals surface area contributed by atoms with Crippen LogP contribution in [0, 0.1) is 13.8 Å². The fourth-order valence-electron chi connectivity index (χ4n) is 1.97. The third kappa shape index (κ3) is 2.56. The number of aromatic amines is 1. The van der Waals surface area contributed by atoms with E-state index in [9.17, 15) is 4.79 Å². The zero-order valence-electron chi connectivity index (χ0n) is 10.7. The molecule has 4 nitrogen and oxygen atoms in total. The van der Waals surface area contributed by atoms with Crippen LogP contribution in [0.2, 0.25) is 0 Å². The topological polar surface area (TPSA) is 70.9 Å². The lowest BCUT2D eigenvalue weighted by atomic mass is 10.1. The Morgan fingerprint density at radius 1 is 1.44 bits per heavy atom. The number of hydrogen-bond acceptors (Lipinski definition) is 3. The number of aryl methyl sites for hydroxylation is 2. The lowest BCUT2D eigenvalue weighted by molar-refractivity contribution is 0.0935. The molecule has 2 rings (SSSR count). The summed E-state index contributed by atoms with van der Waals surface area (Å²) in [5.74, 6) is -0.137. The van der Waals surface area contributed by atoms with Crippen LogP contribution >= 0.6 is 11.3 Å². The molecule has 18 heavy (non-hydrogen) atoms. The maximum absolute atomic E-state index is 12.0. The quantitative estimate of drug-likeness (QED) is 0.797. The van der Waals surface area contributed by atoms with E-state index in [1.54, 1.807) is 23.6 Å². The van der Waals surface area contributed by atoms with E-state index in [0.717, 1.165) is 0 Å². The van der Waals surface area contributed by atoms with Crippen molar-refractivity contribution >= 4 is 22.9 Å². The average Bonchev–Trinajstić information content (AvgIpc) is 2.84. The number of carbonyl (C=O) groups is 1. The van der Waals surface area contributed by atoms with Crippen molar-refractivity contribution in [1.29, 1.82) is 0 Å². The van der Waals surface area contributed by atoms with E-state index in [0.29, 0.717) is 11.4 Å². The summed E-state index contributed by atoms with van der Waals surface area (Å²) in [6.45, 7) is 6.13. The fourth-order valence-corrected chi connectivity index (χ4v) is 3.00. The molecule has 0 aliphatic carbocycles. The molecule has 1 unspecified atom stereocenters. The highest BCUT2D eigenvalue weighted by Gasteiger charge is 2.15. The molecular formula is C13H17N3OS. The maximum atomic E-state index is 12.0. The van der Waals surface area contributed by atoms with Gasteiger partial charge < -0.3 is 16.0 Å². The van der Waals surface area contributed by atoms with Gasteiger partial charge in [0.1, 0.15) is 5.69 Å². The van der Waals surface area contributed by atoms with Crippen LogP contribution in [0.1, 0.15) is 38.8 Å². The molecule has 0 aliphatic heterocycles. The average molecular weight is 263 g/mol. The van der Waals surface area contributed by atoms with Crippen LogP contribution < -0.4 is 11.1 Å². The molecule has 0 spiro atoms. The van der Waals surface area contributed by atoms with E-state index >= 15 is 0 Å². The second-order valence-corrected chi connectivity index (χ2v) is 5.87. The van der Waals surface area contributed by atoms with Gasteiger partial charge >= 0.3 is 0 Å². The van der Waals surface area contributed by atoms with E-state index in [1.165, 1.54) is 15.3 Å². The highest BCUT2D eigenvalue weighted by molar-refractivity contribution is 7.12. The van der Waals surface area contributed by atoms with Crippen LogP contribution in [-0.4, -0.2) is 10.9 Å². The standard InChI is InChI=1S/C13H17N3OS/c1-7-4-11(9(3)18-7)8(2)16-13(17)12-5-10(14)6-15-12/h4-6,8,15H,14H2,1-3H3,(H,16,17). The number of nitrogens with two attached hydrogens (primary N) is 1. The Hall–Kier alpha value is -1.75. The Morgan fingerprint density at radius 2 is 2.17 bits per heavy atom. The molecule has 0 saturated heterocycles. The first-order valence-electron chi connectivity index (χ1n) is 5.79. The van der Waals surface area contributed by atoms with Crippen molar-refractivity contribution in [3.63, 3.8) is 0 Å². The minimum atomic E-state index is -0.137. The van der Waals surface area contributed by atoms with Crippen LogP contribution in [0.3, 0.4) is 0 Å². The van der Waals surface area contributed by atoms with Crippen LogP contribution in [0.25, 0.3) is 0 Å². The monoisotopic (exact) mass is 263 g/mol. The minimum absolute atomic E-state index is 0.00743. The van der Waals surface area contributed by atoms with E-state index < -0.39 is 0 Å². The Labute approximate surface area is 110 Å². The molecule has 5 heteroatoms. The smallest absolute Gasteiger partial charge is 0.268 e. The number of hydrogen-bond donors (Lipinski definition) is 3. The second-order valence-electron chi connectivity index (χ2n) is 4.41. The van der Waals surface area contributed by atoms with Crippen LogP contribution in [-0.2, 0) is 0 Å². The number of H-pyrrole nitrogens is 1. The van der Waals surface area contributed by atoms with Crippen LogP contribution in [0.15, 0.2) is 18.3 Å². The summed E-state index contributed by atoms with van der Waals surface area (Å²) in [6.07, 6.45) is 1.61. The Balaban J connectivity index is 2.10. The number of aromatic nitrogens is 1. The lowest BCUT2D eigenvalue weighted by Crippen LogP contribution is -2.27. The SMILES string of the molecule is Cc1cc(C(C)NC(=O)c2cc(N)c[nH]2)c(C)s1. The Kier molecular flexibility index (Phi) is 3.43. The summed E-state index contributed by atoms with van der Waals surface area (Å²) in [5.41, 5.74) is 7.80. The summed E-state index contributed by atoms with van der Waals surface area (Å²) >= 11 is 1.75. The molecule has 96 valence electrons. The third-order valence-corrected chi connectivity index (χ3v) is 3.83. The number of carbonyl (C=O) groups excluding carboxylic acids is 1. The molecule has 2 heterocycles. The summed E-state index contributed by atoms with van der Waals surface area (Å²) in [6, 6.07) is 3.74. The van der Waals surface area contributed by atoms with Crippen molar-refractivity contribution in [2.75, 3.05) is 5.73 Å². The van der Waals surface area contributed by atoms with Crippen molar-refractivity contribution in [2.45, 2.75) is 26.8 Å². The largest absolute Gasteiger partial charge is 0.397 e. The van der Waals surface area contributed by atoms with Gasteiger partial charge in [-0.15, -0.1) is 11.3 Å². The minimum Gasteiger partial charge on any atom is -0.397 e. The van der Waals surface area contributed by atoms with Crippen molar-refractivity contribution in [3.8, 4) is 0 Å². The van der Waals surface area contributed by atoms with Gasteiger partial charge in [0.05, 0.1) is 6.04 Å². The van der Waals surface area contributed by atoms with Crippen molar-refractivity contribution < 1.29 is 4.79 Å². The summed E-state index contributed by atoms with van der Waals surface area (Å²) in [4.78, 5) is 17.3. The van der Waals surface area contributed by atoms with Gasteiger partial charge in [-0.05, 0) is 38.5 Å². The van der Waals surface area contributed by atoms with Crippen molar-refractivity contribution in [1.82, 2.24) is 10.3 Å². The van der Waals surface area contributed by atoms with Gasteiger partial charge in [-0.3, -0.25) is 4.79 Å². The van der Waals surface area contributed by atoms with Crippen LogP contribution in [0.5, 0.6) is 0 Å². The Bertz CT molecular complexity index is 571. The number of thiophene rings is 1. The molecule has 2 aromatic heterocycles. The second kappa shape index (κ2) is 4.86. The molecule has 4 N–H and O–H groups in total. The Morgan fingerprint density at radius 3 is 2.67 bits per heavy atom. The molecular weight excluding hydrogens is 246 g/mol. The highest BCUT2D eigenvalue weighted by atomic mass is 32.1. The summed E-state index contributed by atoms with van der Waals surface area (Å²) in [5, 5.41) is 2.96. The highest BCUT2D eigenvalue weighted by Crippen LogP contribution is 2.26. The normalized spacial score (nSPS) is 12.4. The molecule has 0 saturated carbocycles. The van der Waals surface area contributed by atoms with Gasteiger partial charge in [0, 0.05) is 21.6 Å². The first-order chi connectivity index (χ1) is 8.47. The molecule has 0 bridgehead atoms. The zero-order chi connectivity index (χ0) is 13.3. The van der Waals surface area contributed by atoms with Crippen molar-refractivity contribution in [2.24, 2.45) is 0 Å². The molecule has 1 amide bonds. The van der Waals surface area contributed by atoms with E-state index in [1.807, 2.05) is 6.92 Å². The molecule has 2 aromatic rings. The van der Waals surface area contributed by atoms with Gasteiger partial charge in [0.25, 0.3) is 5.91 Å². The molecule has 0 aromatic carbocycles. The van der Waals surface area contributed by atoms with E-state index in [4.69, 9.17) is 5.73 Å². The predicted octanol–water partition coefficient (Wildman–Crippen LogP) is 2.77. The lowest BCUT2D eigenvalue weighted by Gasteiger charge is -2.13. The van der Waals surface area contributed by atoms with Gasteiger partial charge in [0.2, 0.25) is 0 Å². The van der Waals surface area contributed by atoms with Crippen LogP contribution in [0.4, 0.5) is 5.69 Å². The molecule has 0 aliphatic rings. The van der Waals surface area contributed by atoms with Gasteiger partial charge in [-0.2, -0.15) is 0 Å². The van der Waals surface area contributed by atoms with Gasteiger partial charge in [-0.1, -0.05) is 0 Å². The van der Waals surface area contributed by atoms with Crippen molar-refractivity contribution in [3.05, 3.63) is 39.3 Å². The predicted molar refractivity (Wildman–Crippen MR) is 74.9 cm³/mol. The maximum Gasteiger partial charge on any atom is 0.268 e. The summed E-state index contributed by atoms with van der Waals surface area (Å²) in [7, 11) is 0. The van der Waals surface area contributed by atoms with E-state index in [2.05, 4.69) is 30.2 Å². The molecule has 0 radical (unpaired) electrons. The molecule has 0 fully saturated rings. The fraction of sp³-hybridized carbons (Fsp3) is 0.308. The number of nitrogen functional groups attached to an aromatic ring is 1. The molecule has 1 atom stereocenters. The number of nitrogens with one attached hydrogen (secondary N) is 2. The summed E-state index contributed by atoms with van der Waals surface area (Å²) < 4.78 is 0. The number of amides is 1. The van der Waals surface area contributed by atoms with Gasteiger partial charge in [-0.25, -0.2) is 0 Å². The van der Waals surface area contributed by atoms with Gasteiger partial charge in [0.15, 0.2) is 0 Å². The first kappa shape index (κ1) is 12.7. The first-order valence-corrected chi connectivity index (χ1v) is 6.60. The zero-order valence-corrected chi connectivity index (χ0v) is 11.5.